The molecule has 9 heteroatoms. The first-order valence-corrected chi connectivity index (χ1v) is 10.2. The van der Waals surface area contributed by atoms with Crippen LogP contribution in [0.1, 0.15) is 25.8 Å². The van der Waals surface area contributed by atoms with E-state index < -0.39 is 11.6 Å². The van der Waals surface area contributed by atoms with Gasteiger partial charge in [-0.1, -0.05) is 6.07 Å². The number of nitrogens with zero attached hydrogens (tertiary/aromatic N) is 2. The number of hydrogen-bond donors (Lipinski definition) is 3. The Kier molecular flexibility index (Phi) is 9.60. The third kappa shape index (κ3) is 6.84. The van der Waals surface area contributed by atoms with Crippen molar-refractivity contribution in [1.29, 1.82) is 0 Å². The fraction of sp³-hybridized carbons (Fsp3) is 0.409. The number of guanidine groups is 1. The van der Waals surface area contributed by atoms with E-state index in [4.69, 9.17) is 4.74 Å². The molecule has 0 bridgehead atoms. The summed E-state index contributed by atoms with van der Waals surface area (Å²) in [4.78, 5) is 6.53. The number of phenols is 1. The highest BCUT2D eigenvalue weighted by Crippen LogP contribution is 2.27. The molecule has 0 aliphatic carbocycles. The van der Waals surface area contributed by atoms with Gasteiger partial charge in [0.25, 0.3) is 0 Å². The molecule has 3 N–H and O–H groups in total. The van der Waals surface area contributed by atoms with Crippen LogP contribution in [0.4, 0.5) is 14.5 Å². The molecule has 1 aliphatic heterocycles. The zero-order valence-corrected chi connectivity index (χ0v) is 20.0. The van der Waals surface area contributed by atoms with Crippen LogP contribution in [-0.4, -0.2) is 43.3 Å². The molecule has 1 atom stereocenters. The van der Waals surface area contributed by atoms with Crippen LogP contribution in [0, 0.1) is 11.6 Å². The zero-order valence-electron chi connectivity index (χ0n) is 17.7. The molecule has 0 spiro atoms. The summed E-state index contributed by atoms with van der Waals surface area (Å²) >= 11 is 0. The predicted molar refractivity (Wildman–Crippen MR) is 130 cm³/mol. The third-order valence-electron chi connectivity index (χ3n) is 4.87. The maximum Gasteiger partial charge on any atom is 0.191 e. The van der Waals surface area contributed by atoms with Crippen LogP contribution >= 0.6 is 24.0 Å². The van der Waals surface area contributed by atoms with Crippen LogP contribution in [-0.2, 0) is 6.54 Å². The monoisotopic (exact) mass is 546 g/mol. The van der Waals surface area contributed by atoms with Gasteiger partial charge in [-0.25, -0.2) is 13.8 Å². The molecule has 1 aliphatic rings. The van der Waals surface area contributed by atoms with Gasteiger partial charge < -0.3 is 25.4 Å². The van der Waals surface area contributed by atoms with Gasteiger partial charge >= 0.3 is 0 Å². The first-order chi connectivity index (χ1) is 14.5. The molecule has 1 fully saturated rings. The average Bonchev–Trinajstić information content (AvgIpc) is 3.17. The van der Waals surface area contributed by atoms with E-state index in [1.165, 1.54) is 12.1 Å². The van der Waals surface area contributed by atoms with Crippen molar-refractivity contribution in [1.82, 2.24) is 10.6 Å². The Hall–Kier alpha value is -2.30. The molecule has 1 heterocycles. The minimum absolute atomic E-state index is 0. The first-order valence-electron chi connectivity index (χ1n) is 10.2. The van der Waals surface area contributed by atoms with Crippen LogP contribution < -0.4 is 20.3 Å². The van der Waals surface area contributed by atoms with Crippen molar-refractivity contribution in [2.45, 2.75) is 32.9 Å². The molecule has 0 saturated carbocycles. The highest BCUT2D eigenvalue weighted by atomic mass is 127. The summed E-state index contributed by atoms with van der Waals surface area (Å²) in [6.07, 6.45) is 0.814. The smallest absolute Gasteiger partial charge is 0.191 e. The normalized spacial score (nSPS) is 16.1. The van der Waals surface area contributed by atoms with E-state index in [1.54, 1.807) is 18.2 Å². The Morgan fingerprint density at radius 1 is 1.23 bits per heavy atom. The lowest BCUT2D eigenvalue weighted by molar-refractivity contribution is 0.318. The minimum Gasteiger partial charge on any atom is -0.504 e. The topological polar surface area (TPSA) is 69.1 Å². The average molecular weight is 546 g/mol. The van der Waals surface area contributed by atoms with Crippen LogP contribution in [0.5, 0.6) is 11.5 Å². The second kappa shape index (κ2) is 11.9. The fourth-order valence-corrected chi connectivity index (χ4v) is 3.45. The Bertz CT molecular complexity index is 898. The quantitative estimate of drug-likeness (QED) is 0.278. The molecule has 2 aromatic rings. The van der Waals surface area contributed by atoms with E-state index in [9.17, 15) is 13.9 Å². The van der Waals surface area contributed by atoms with Crippen LogP contribution in [0.3, 0.4) is 0 Å². The Morgan fingerprint density at radius 2 is 2.03 bits per heavy atom. The summed E-state index contributed by atoms with van der Waals surface area (Å²) in [7, 11) is 0. The molecule has 170 valence electrons. The number of halogens is 3. The van der Waals surface area contributed by atoms with Gasteiger partial charge in [-0.15, -0.1) is 24.0 Å². The lowest BCUT2D eigenvalue weighted by Crippen LogP contribution is -2.44. The molecule has 0 amide bonds. The van der Waals surface area contributed by atoms with Gasteiger partial charge in [-0.05, 0) is 50.1 Å². The Labute approximate surface area is 198 Å². The first kappa shape index (κ1) is 25.0. The number of anilines is 1. The highest BCUT2D eigenvalue weighted by Gasteiger charge is 2.25. The Balaban J connectivity index is 0.00000341. The van der Waals surface area contributed by atoms with Gasteiger partial charge in [0, 0.05) is 31.7 Å². The SMILES string of the molecule is CCNC(=NCc1ccc(O)c(OCC)c1)NC1CCN(c2ccc(F)cc2F)C1.I. The van der Waals surface area contributed by atoms with Crippen LogP contribution in [0.15, 0.2) is 41.4 Å². The maximum absolute atomic E-state index is 14.1. The van der Waals surface area contributed by atoms with Gasteiger partial charge in [-0.2, -0.15) is 0 Å². The number of benzene rings is 2. The minimum atomic E-state index is -0.576. The lowest BCUT2D eigenvalue weighted by Gasteiger charge is -2.21. The summed E-state index contributed by atoms with van der Waals surface area (Å²) in [6, 6.07) is 8.94. The van der Waals surface area contributed by atoms with Crippen LogP contribution in [0.2, 0.25) is 0 Å². The molecule has 0 aromatic heterocycles. The van der Waals surface area contributed by atoms with E-state index in [1.807, 2.05) is 18.7 Å². The van der Waals surface area contributed by atoms with Crippen molar-refractivity contribution in [2.24, 2.45) is 4.99 Å². The lowest BCUT2D eigenvalue weighted by atomic mass is 10.2. The fourth-order valence-electron chi connectivity index (χ4n) is 3.45. The molecular formula is C22H29F2IN4O2. The third-order valence-corrected chi connectivity index (χ3v) is 4.87. The van der Waals surface area contributed by atoms with E-state index in [2.05, 4.69) is 15.6 Å². The van der Waals surface area contributed by atoms with Crippen LogP contribution in [0.25, 0.3) is 0 Å². The second-order valence-corrected chi connectivity index (χ2v) is 7.10. The van der Waals surface area contributed by atoms with E-state index in [0.29, 0.717) is 50.2 Å². The summed E-state index contributed by atoms with van der Waals surface area (Å²) in [5.41, 5.74) is 1.32. The number of aromatic hydroxyl groups is 1. The number of hydrogen-bond acceptors (Lipinski definition) is 4. The largest absolute Gasteiger partial charge is 0.504 e. The molecule has 1 unspecified atom stereocenters. The summed E-state index contributed by atoms with van der Waals surface area (Å²) in [5.74, 6) is 0.0848. The number of nitrogens with one attached hydrogen (secondary N) is 2. The van der Waals surface area contributed by atoms with Gasteiger partial charge in [0.05, 0.1) is 18.8 Å². The molecule has 2 aromatic carbocycles. The standard InChI is InChI=1S/C22H28F2N4O2.HI/c1-3-25-22(26-13-15-5-8-20(29)21(11-15)30-4-2)27-17-9-10-28(14-17)19-7-6-16(23)12-18(19)24;/h5-8,11-12,17,29H,3-4,9-10,13-14H2,1-2H3,(H2,25,26,27);1H. The summed E-state index contributed by atoms with van der Waals surface area (Å²) < 4.78 is 32.7. The van der Waals surface area contributed by atoms with Crippen molar-refractivity contribution >= 4 is 35.6 Å². The van der Waals surface area contributed by atoms with Crippen molar-refractivity contribution in [3.63, 3.8) is 0 Å². The van der Waals surface area contributed by atoms with Crippen molar-refractivity contribution in [2.75, 3.05) is 31.1 Å². The zero-order chi connectivity index (χ0) is 21.5. The maximum atomic E-state index is 14.1. The number of rotatable bonds is 7. The van der Waals surface area contributed by atoms with Gasteiger partial charge in [0.1, 0.15) is 11.6 Å². The Morgan fingerprint density at radius 3 is 2.74 bits per heavy atom. The van der Waals surface area contributed by atoms with E-state index >= 15 is 0 Å². The molecule has 0 radical (unpaired) electrons. The van der Waals surface area contributed by atoms with Crippen molar-refractivity contribution in [3.05, 3.63) is 53.6 Å². The predicted octanol–water partition coefficient (Wildman–Crippen LogP) is 4.02. The second-order valence-electron chi connectivity index (χ2n) is 7.10. The number of ether oxygens (including phenoxy) is 1. The number of phenolic OH excluding ortho intramolecular Hbond substituents is 1. The van der Waals surface area contributed by atoms with Crippen molar-refractivity contribution in [3.8, 4) is 11.5 Å². The number of aliphatic imine (C=N–C) groups is 1. The van der Waals surface area contributed by atoms with Crippen molar-refractivity contribution < 1.29 is 18.6 Å². The molecular weight excluding hydrogens is 517 g/mol. The van der Waals surface area contributed by atoms with E-state index in [0.717, 1.165) is 18.1 Å². The molecule has 31 heavy (non-hydrogen) atoms. The van der Waals surface area contributed by atoms with E-state index in [-0.39, 0.29) is 35.8 Å². The molecule has 1 saturated heterocycles. The van der Waals surface area contributed by atoms with Gasteiger partial charge in [0.2, 0.25) is 0 Å². The molecule has 3 rings (SSSR count). The molecule has 6 nitrogen and oxygen atoms in total. The summed E-state index contributed by atoms with van der Waals surface area (Å²) in [6.45, 7) is 6.71. The van der Waals surface area contributed by atoms with Gasteiger partial charge in [-0.3, -0.25) is 0 Å². The van der Waals surface area contributed by atoms with Gasteiger partial charge in [0.15, 0.2) is 17.5 Å². The highest BCUT2D eigenvalue weighted by molar-refractivity contribution is 14.0. The summed E-state index contributed by atoms with van der Waals surface area (Å²) in [5, 5.41) is 16.4.